The first-order valence-electron chi connectivity index (χ1n) is 5.86. The van der Waals surface area contributed by atoms with Gasteiger partial charge in [0.2, 0.25) is 0 Å². The smallest absolute Gasteiger partial charge is 0.356 e. The van der Waals surface area contributed by atoms with E-state index in [2.05, 4.69) is 9.97 Å². The molecule has 19 heavy (non-hydrogen) atoms. The molecule has 0 radical (unpaired) electrons. The van der Waals surface area contributed by atoms with Crippen LogP contribution in [0.5, 0.6) is 0 Å². The molecule has 1 unspecified atom stereocenters. The molecule has 0 fully saturated rings. The molecule has 1 atom stereocenters. The first-order valence-corrected chi connectivity index (χ1v) is 6.74. The maximum Gasteiger partial charge on any atom is 0.356 e. The molecule has 2 heterocycles. The van der Waals surface area contributed by atoms with Gasteiger partial charge in [0.15, 0.2) is 0 Å². The lowest BCUT2D eigenvalue weighted by molar-refractivity contribution is 0.0518. The first-order chi connectivity index (χ1) is 9.11. The quantitative estimate of drug-likeness (QED) is 0.867. The molecular formula is C13H14N2O3S. The van der Waals surface area contributed by atoms with Gasteiger partial charge in [-0.25, -0.2) is 14.8 Å². The number of pyridine rings is 1. The van der Waals surface area contributed by atoms with Gasteiger partial charge in [-0.05, 0) is 26.0 Å². The topological polar surface area (TPSA) is 72.3 Å². The molecule has 2 rings (SSSR count). The minimum Gasteiger partial charge on any atom is -0.461 e. The molecule has 2 aromatic heterocycles. The van der Waals surface area contributed by atoms with Crippen LogP contribution in [0.1, 0.15) is 39.9 Å². The lowest BCUT2D eigenvalue weighted by Crippen LogP contribution is -2.10. The molecule has 1 N–H and O–H groups in total. The van der Waals surface area contributed by atoms with Crippen molar-refractivity contribution in [2.24, 2.45) is 0 Å². The molecule has 0 saturated heterocycles. The third-order valence-electron chi connectivity index (χ3n) is 2.45. The summed E-state index contributed by atoms with van der Waals surface area (Å²) >= 11 is 1.46. The molecule has 6 heteroatoms. The summed E-state index contributed by atoms with van der Waals surface area (Å²) in [6.07, 6.45) is -0.931. The number of ether oxygens (including phenoxy) is 1. The Bertz CT molecular complexity index is 583. The Morgan fingerprint density at radius 2 is 2.21 bits per heavy atom. The number of nitrogens with zero attached hydrogens (tertiary/aromatic N) is 2. The van der Waals surface area contributed by atoms with Gasteiger partial charge in [-0.3, -0.25) is 0 Å². The highest BCUT2D eigenvalue weighted by Gasteiger charge is 2.17. The number of aliphatic hydroxyl groups excluding tert-OH is 1. The van der Waals surface area contributed by atoms with Gasteiger partial charge in [0.05, 0.1) is 23.0 Å². The molecule has 0 aliphatic heterocycles. The van der Waals surface area contributed by atoms with E-state index in [-0.39, 0.29) is 5.69 Å². The molecule has 5 nitrogen and oxygen atoms in total. The van der Waals surface area contributed by atoms with Gasteiger partial charge in [0.25, 0.3) is 0 Å². The van der Waals surface area contributed by atoms with Crippen LogP contribution < -0.4 is 0 Å². The van der Waals surface area contributed by atoms with Crippen molar-refractivity contribution in [3.05, 3.63) is 45.7 Å². The van der Waals surface area contributed by atoms with Gasteiger partial charge >= 0.3 is 5.97 Å². The van der Waals surface area contributed by atoms with E-state index in [0.29, 0.717) is 18.0 Å². The van der Waals surface area contributed by atoms with Crippen molar-refractivity contribution < 1.29 is 14.6 Å². The van der Waals surface area contributed by atoms with E-state index >= 15 is 0 Å². The number of hydrogen-bond acceptors (Lipinski definition) is 6. The van der Waals surface area contributed by atoms with Crippen LogP contribution in [0, 0.1) is 6.92 Å². The fraction of sp³-hybridized carbons (Fsp3) is 0.308. The zero-order chi connectivity index (χ0) is 13.8. The summed E-state index contributed by atoms with van der Waals surface area (Å²) in [5.74, 6) is -0.494. The lowest BCUT2D eigenvalue weighted by atomic mass is 10.1. The number of aromatic nitrogens is 2. The SMILES string of the molecule is CCOC(=O)c1cccc(C(O)c2csc(C)n2)n1. The zero-order valence-electron chi connectivity index (χ0n) is 10.7. The van der Waals surface area contributed by atoms with Crippen molar-refractivity contribution in [3.63, 3.8) is 0 Å². The van der Waals surface area contributed by atoms with Crippen molar-refractivity contribution in [2.45, 2.75) is 20.0 Å². The maximum absolute atomic E-state index is 11.6. The van der Waals surface area contributed by atoms with Crippen molar-refractivity contribution in [3.8, 4) is 0 Å². The first kappa shape index (κ1) is 13.6. The number of aryl methyl sites for hydroxylation is 1. The summed E-state index contributed by atoms with van der Waals surface area (Å²) in [5.41, 5.74) is 1.11. The molecule has 0 spiro atoms. The zero-order valence-corrected chi connectivity index (χ0v) is 11.5. The standard InChI is InChI=1S/C13H14N2O3S/c1-3-18-13(17)10-6-4-5-9(15-10)12(16)11-7-19-8(2)14-11/h4-7,12,16H,3H2,1-2H3. The van der Waals surface area contributed by atoms with Crippen LogP contribution in [-0.4, -0.2) is 27.7 Å². The van der Waals surface area contributed by atoms with E-state index in [1.165, 1.54) is 11.3 Å². The second-order valence-corrected chi connectivity index (χ2v) is 4.92. The fourth-order valence-electron chi connectivity index (χ4n) is 1.58. The van der Waals surface area contributed by atoms with E-state index in [9.17, 15) is 9.90 Å². The van der Waals surface area contributed by atoms with Gasteiger partial charge in [-0.1, -0.05) is 6.07 Å². The minimum atomic E-state index is -0.931. The molecule has 0 bridgehead atoms. The second-order valence-electron chi connectivity index (χ2n) is 3.86. The Morgan fingerprint density at radius 3 is 2.84 bits per heavy atom. The highest BCUT2D eigenvalue weighted by molar-refractivity contribution is 7.09. The molecule has 0 aliphatic rings. The van der Waals surface area contributed by atoms with E-state index in [0.717, 1.165) is 5.01 Å². The summed E-state index contributed by atoms with van der Waals surface area (Å²) in [7, 11) is 0. The summed E-state index contributed by atoms with van der Waals surface area (Å²) in [6, 6.07) is 4.87. The molecule has 100 valence electrons. The predicted octanol–water partition coefficient (Wildman–Crippen LogP) is 2.10. The Hall–Kier alpha value is -1.79. The van der Waals surface area contributed by atoms with Gasteiger partial charge in [0, 0.05) is 5.38 Å². The van der Waals surface area contributed by atoms with Gasteiger partial charge in [-0.2, -0.15) is 0 Å². The van der Waals surface area contributed by atoms with Crippen molar-refractivity contribution in [1.82, 2.24) is 9.97 Å². The fourth-order valence-corrected chi connectivity index (χ4v) is 2.21. The Kier molecular flexibility index (Phi) is 4.24. The van der Waals surface area contributed by atoms with Crippen LogP contribution in [0.2, 0.25) is 0 Å². The maximum atomic E-state index is 11.6. The normalized spacial score (nSPS) is 12.2. The lowest BCUT2D eigenvalue weighted by Gasteiger charge is -2.08. The van der Waals surface area contributed by atoms with E-state index in [4.69, 9.17) is 4.74 Å². The molecule has 0 aliphatic carbocycles. The van der Waals surface area contributed by atoms with Crippen molar-refractivity contribution in [2.75, 3.05) is 6.61 Å². The van der Waals surface area contributed by atoms with E-state index in [1.54, 1.807) is 30.5 Å². The number of carbonyl (C=O) groups is 1. The van der Waals surface area contributed by atoms with Crippen molar-refractivity contribution in [1.29, 1.82) is 0 Å². The molecule has 0 saturated carbocycles. The van der Waals surface area contributed by atoms with Crippen LogP contribution in [0.3, 0.4) is 0 Å². The minimum absolute atomic E-state index is 0.186. The molecule has 0 aromatic carbocycles. The molecule has 2 aromatic rings. The van der Waals surface area contributed by atoms with Crippen molar-refractivity contribution >= 4 is 17.3 Å². The van der Waals surface area contributed by atoms with Gasteiger partial charge in [-0.15, -0.1) is 11.3 Å². The predicted molar refractivity (Wildman–Crippen MR) is 71.1 cm³/mol. The van der Waals surface area contributed by atoms with Crippen LogP contribution in [-0.2, 0) is 4.74 Å². The number of thiazole rings is 1. The van der Waals surface area contributed by atoms with Crippen LogP contribution >= 0.6 is 11.3 Å². The number of hydrogen-bond donors (Lipinski definition) is 1. The summed E-state index contributed by atoms with van der Waals surface area (Å²) in [6.45, 7) is 3.89. The van der Waals surface area contributed by atoms with Crippen LogP contribution in [0.25, 0.3) is 0 Å². The third-order valence-corrected chi connectivity index (χ3v) is 3.24. The average molecular weight is 278 g/mol. The second kappa shape index (κ2) is 5.90. The molecule has 0 amide bonds. The summed E-state index contributed by atoms with van der Waals surface area (Å²) < 4.78 is 4.88. The Labute approximate surface area is 114 Å². The Balaban J connectivity index is 2.25. The Morgan fingerprint density at radius 1 is 1.42 bits per heavy atom. The molecular weight excluding hydrogens is 264 g/mol. The van der Waals surface area contributed by atoms with Gasteiger partial charge < -0.3 is 9.84 Å². The third kappa shape index (κ3) is 3.15. The largest absolute Gasteiger partial charge is 0.461 e. The number of esters is 1. The number of carbonyl (C=O) groups excluding carboxylic acids is 1. The highest BCUT2D eigenvalue weighted by atomic mass is 32.1. The van der Waals surface area contributed by atoms with E-state index < -0.39 is 12.1 Å². The van der Waals surface area contributed by atoms with Crippen LogP contribution in [0.4, 0.5) is 0 Å². The monoisotopic (exact) mass is 278 g/mol. The number of rotatable bonds is 4. The number of aliphatic hydroxyl groups is 1. The van der Waals surface area contributed by atoms with E-state index in [1.807, 2.05) is 6.92 Å². The summed E-state index contributed by atoms with van der Waals surface area (Å²) in [4.78, 5) is 19.9. The van der Waals surface area contributed by atoms with Gasteiger partial charge in [0.1, 0.15) is 11.8 Å². The van der Waals surface area contributed by atoms with Crippen LogP contribution in [0.15, 0.2) is 23.6 Å². The summed E-state index contributed by atoms with van der Waals surface area (Å²) in [5, 5.41) is 12.8. The average Bonchev–Trinajstić information content (AvgIpc) is 2.85. The highest BCUT2D eigenvalue weighted by Crippen LogP contribution is 2.22.